The summed E-state index contributed by atoms with van der Waals surface area (Å²) < 4.78 is 0. The van der Waals surface area contributed by atoms with E-state index in [0.717, 1.165) is 56.2 Å². The zero-order valence-electron chi connectivity index (χ0n) is 24.0. The minimum absolute atomic E-state index is 0.00643. The molecule has 4 N–H and O–H groups in total. The Labute approximate surface area is 228 Å². The van der Waals surface area contributed by atoms with Crippen LogP contribution >= 0.6 is 0 Å². The zero-order valence-corrected chi connectivity index (χ0v) is 24.0. The maximum Gasteiger partial charge on any atom is 0.315 e. The van der Waals surface area contributed by atoms with Crippen molar-refractivity contribution in [1.82, 2.24) is 25.9 Å². The molecule has 2 saturated heterocycles. The van der Waals surface area contributed by atoms with Crippen molar-refractivity contribution in [3.05, 3.63) is 35.4 Å². The van der Waals surface area contributed by atoms with E-state index >= 15 is 0 Å². The average molecular weight is 529 g/mol. The second-order valence-electron chi connectivity index (χ2n) is 11.7. The zero-order chi connectivity index (χ0) is 27.8. The third-order valence-corrected chi connectivity index (χ3v) is 7.28. The third-order valence-electron chi connectivity index (χ3n) is 7.28. The van der Waals surface area contributed by atoms with Crippen LogP contribution in [-0.4, -0.2) is 58.6 Å². The normalized spacial score (nSPS) is 22.4. The van der Waals surface area contributed by atoms with Crippen molar-refractivity contribution in [2.75, 3.05) is 19.6 Å². The molecule has 0 bridgehead atoms. The number of carbonyl (C=O) groups is 2. The number of rotatable bonds is 12. The summed E-state index contributed by atoms with van der Waals surface area (Å²) in [7, 11) is 0. The van der Waals surface area contributed by atoms with Crippen molar-refractivity contribution in [1.29, 1.82) is 5.41 Å². The topological polar surface area (TPSA) is 110 Å². The first-order valence-electron chi connectivity index (χ1n) is 14.3. The number of hydrogen-bond acceptors (Lipinski definition) is 5. The Balaban J connectivity index is 1.66. The van der Waals surface area contributed by atoms with Crippen LogP contribution in [0.2, 0.25) is 0 Å². The van der Waals surface area contributed by atoms with E-state index in [0.29, 0.717) is 32.6 Å². The lowest BCUT2D eigenvalue weighted by molar-refractivity contribution is -0.245. The molecule has 0 aliphatic carbocycles. The lowest BCUT2D eigenvalue weighted by atomic mass is 9.75. The number of piperidine rings is 1. The molecule has 2 unspecified atom stereocenters. The van der Waals surface area contributed by atoms with Crippen molar-refractivity contribution in [2.24, 2.45) is 5.92 Å². The van der Waals surface area contributed by atoms with Crippen LogP contribution in [0.25, 0.3) is 0 Å². The number of guanidine groups is 1. The second kappa shape index (κ2) is 13.4. The fraction of sp³-hybridized carbons (Fsp3) is 0.690. The minimum Gasteiger partial charge on any atom is -0.341 e. The van der Waals surface area contributed by atoms with Gasteiger partial charge >= 0.3 is 6.03 Å². The highest BCUT2D eigenvalue weighted by Crippen LogP contribution is 2.37. The number of carbonyl (C=O) groups excluding carboxylic acids is 2. The standard InChI is InChI=1S/C29H48N6O3/c1-6-8-16-29(24-11-10-18-34(21-24)38-28(3,4)5)25(36)35(26(30)33-29)20-23-14-12-22(13-15-23)19-32-27(37)31-17-9-7-2/h12-15,24H,6-11,16-21H2,1-5H3,(H2,30,33)(H2,31,32,37). The average Bonchev–Trinajstić information content (AvgIpc) is 3.11. The van der Waals surface area contributed by atoms with Crippen molar-refractivity contribution < 1.29 is 14.4 Å². The van der Waals surface area contributed by atoms with E-state index in [1.165, 1.54) is 0 Å². The summed E-state index contributed by atoms with van der Waals surface area (Å²) in [6.45, 7) is 13.3. The Morgan fingerprint density at radius 2 is 1.82 bits per heavy atom. The first-order valence-corrected chi connectivity index (χ1v) is 14.3. The van der Waals surface area contributed by atoms with Crippen LogP contribution in [0.4, 0.5) is 4.79 Å². The van der Waals surface area contributed by atoms with Crippen LogP contribution in [0.3, 0.4) is 0 Å². The first-order chi connectivity index (χ1) is 18.1. The molecule has 2 aliphatic heterocycles. The molecule has 0 aromatic heterocycles. The molecule has 9 heteroatoms. The van der Waals surface area contributed by atoms with Gasteiger partial charge in [-0.25, -0.2) is 4.79 Å². The molecule has 0 saturated carbocycles. The molecule has 2 atom stereocenters. The van der Waals surface area contributed by atoms with E-state index < -0.39 is 5.54 Å². The van der Waals surface area contributed by atoms with Gasteiger partial charge in [0, 0.05) is 32.1 Å². The predicted octanol–water partition coefficient (Wildman–Crippen LogP) is 4.52. The highest BCUT2D eigenvalue weighted by atomic mass is 16.7. The second-order valence-corrected chi connectivity index (χ2v) is 11.7. The van der Waals surface area contributed by atoms with Gasteiger partial charge < -0.3 is 16.0 Å². The fourth-order valence-corrected chi connectivity index (χ4v) is 5.31. The molecule has 2 aliphatic rings. The molecular formula is C29H48N6O3. The van der Waals surface area contributed by atoms with Gasteiger partial charge in [-0.1, -0.05) is 57.4 Å². The largest absolute Gasteiger partial charge is 0.341 e. The third kappa shape index (κ3) is 7.93. The molecule has 1 aromatic rings. The molecule has 1 aromatic carbocycles. The lowest BCUT2D eigenvalue weighted by Crippen LogP contribution is -2.58. The molecular weight excluding hydrogens is 480 g/mol. The van der Waals surface area contributed by atoms with Crippen molar-refractivity contribution >= 4 is 17.9 Å². The Hall–Kier alpha value is -2.65. The van der Waals surface area contributed by atoms with Gasteiger partial charge in [0.2, 0.25) is 0 Å². The van der Waals surface area contributed by atoms with Crippen LogP contribution in [0.15, 0.2) is 24.3 Å². The van der Waals surface area contributed by atoms with Gasteiger partial charge in [0.05, 0.1) is 12.1 Å². The molecule has 3 rings (SSSR count). The number of nitrogens with zero attached hydrogens (tertiary/aromatic N) is 2. The van der Waals surface area contributed by atoms with Crippen LogP contribution in [-0.2, 0) is 22.7 Å². The summed E-state index contributed by atoms with van der Waals surface area (Å²) in [5.74, 6) is 0.238. The Bertz CT molecular complexity index is 945. The molecule has 0 radical (unpaired) electrons. The molecule has 0 spiro atoms. The molecule has 3 amide bonds. The number of urea groups is 1. The minimum atomic E-state index is -0.776. The van der Waals surface area contributed by atoms with Gasteiger partial charge in [0.15, 0.2) is 5.96 Å². The number of nitrogens with one attached hydrogen (secondary N) is 4. The summed E-state index contributed by atoms with van der Waals surface area (Å²) in [5.41, 5.74) is 0.875. The first kappa shape index (κ1) is 29.9. The molecule has 9 nitrogen and oxygen atoms in total. The van der Waals surface area contributed by atoms with Gasteiger partial charge in [-0.3, -0.25) is 19.9 Å². The van der Waals surface area contributed by atoms with Crippen molar-refractivity contribution in [3.63, 3.8) is 0 Å². The number of amides is 3. The van der Waals surface area contributed by atoms with E-state index in [1.807, 2.05) is 50.1 Å². The summed E-state index contributed by atoms with van der Waals surface area (Å²) >= 11 is 0. The molecule has 2 heterocycles. The predicted molar refractivity (Wildman–Crippen MR) is 150 cm³/mol. The summed E-state index contributed by atoms with van der Waals surface area (Å²) in [4.78, 5) is 33.7. The van der Waals surface area contributed by atoms with E-state index in [9.17, 15) is 9.59 Å². The van der Waals surface area contributed by atoms with Crippen LogP contribution in [0.5, 0.6) is 0 Å². The quantitative estimate of drug-likeness (QED) is 0.298. The van der Waals surface area contributed by atoms with Crippen LogP contribution in [0, 0.1) is 11.3 Å². The monoisotopic (exact) mass is 528 g/mol. The SMILES string of the molecule is CCCCNC(=O)NCc1ccc(CN2C(=N)NC(CCCC)(C3CCCN(OC(C)(C)C)C3)C2=O)cc1. The van der Waals surface area contributed by atoms with Gasteiger partial charge in [-0.2, -0.15) is 5.06 Å². The van der Waals surface area contributed by atoms with Crippen LogP contribution < -0.4 is 16.0 Å². The summed E-state index contributed by atoms with van der Waals surface area (Å²) in [5, 5.41) is 19.8. The number of unbranched alkanes of at least 4 members (excludes halogenated alkanes) is 2. The van der Waals surface area contributed by atoms with E-state index in [-0.39, 0.29) is 29.4 Å². The maximum atomic E-state index is 14.0. The lowest BCUT2D eigenvalue weighted by Gasteiger charge is -2.43. The number of hydrogen-bond donors (Lipinski definition) is 4. The van der Waals surface area contributed by atoms with Crippen molar-refractivity contribution in [2.45, 2.75) is 104 Å². The van der Waals surface area contributed by atoms with Gasteiger partial charge in [0.1, 0.15) is 5.54 Å². The van der Waals surface area contributed by atoms with E-state index in [4.69, 9.17) is 10.2 Å². The van der Waals surface area contributed by atoms with E-state index in [1.54, 1.807) is 4.90 Å². The molecule has 212 valence electrons. The smallest absolute Gasteiger partial charge is 0.315 e. The number of benzene rings is 1. The van der Waals surface area contributed by atoms with Gasteiger partial charge in [0.25, 0.3) is 5.91 Å². The van der Waals surface area contributed by atoms with Crippen LogP contribution in [0.1, 0.15) is 90.7 Å². The van der Waals surface area contributed by atoms with Gasteiger partial charge in [-0.15, -0.1) is 0 Å². The van der Waals surface area contributed by atoms with E-state index in [2.05, 4.69) is 29.8 Å². The van der Waals surface area contributed by atoms with Crippen molar-refractivity contribution in [3.8, 4) is 0 Å². The highest BCUT2D eigenvalue weighted by molar-refractivity contribution is 6.08. The summed E-state index contributed by atoms with van der Waals surface area (Å²) in [6, 6.07) is 7.71. The summed E-state index contributed by atoms with van der Waals surface area (Å²) in [6.07, 6.45) is 6.52. The fourth-order valence-electron chi connectivity index (χ4n) is 5.31. The Kier molecular flexibility index (Phi) is 10.6. The Morgan fingerprint density at radius 1 is 1.13 bits per heavy atom. The Morgan fingerprint density at radius 3 is 2.47 bits per heavy atom. The molecule has 2 fully saturated rings. The number of hydroxylamine groups is 2. The molecule has 38 heavy (non-hydrogen) atoms. The maximum absolute atomic E-state index is 14.0. The van der Waals surface area contributed by atoms with Gasteiger partial charge in [-0.05, 0) is 57.6 Å². The highest BCUT2D eigenvalue weighted by Gasteiger charge is 2.54.